The second-order valence-corrected chi connectivity index (χ2v) is 10.0. The maximum atomic E-state index is 14.7. The van der Waals surface area contributed by atoms with Gasteiger partial charge in [0.25, 0.3) is 5.92 Å². The van der Waals surface area contributed by atoms with Crippen LogP contribution in [-0.2, 0) is 12.1 Å². The van der Waals surface area contributed by atoms with Crippen molar-refractivity contribution in [1.29, 1.82) is 0 Å². The van der Waals surface area contributed by atoms with E-state index in [0.717, 1.165) is 10.5 Å². The van der Waals surface area contributed by atoms with Crippen molar-refractivity contribution in [2.24, 2.45) is 5.41 Å². The number of amides is 1. The van der Waals surface area contributed by atoms with Crippen LogP contribution in [0.5, 0.6) is 11.5 Å². The van der Waals surface area contributed by atoms with E-state index in [-0.39, 0.29) is 29.1 Å². The normalized spacial score (nSPS) is 19.5. The van der Waals surface area contributed by atoms with Crippen LogP contribution in [0.1, 0.15) is 38.6 Å². The molecule has 36 heavy (non-hydrogen) atoms. The molecule has 13 heteroatoms. The van der Waals surface area contributed by atoms with Crippen LogP contribution in [0.2, 0.25) is 5.15 Å². The Balaban J connectivity index is 1.79. The zero-order valence-electron chi connectivity index (χ0n) is 20.5. The number of carbonyl (C=O) groups is 1. The Hall–Kier alpha value is -3.41. The van der Waals surface area contributed by atoms with Gasteiger partial charge < -0.3 is 19.9 Å². The number of fused-ring (bicyclic) bond motifs is 1. The predicted molar refractivity (Wildman–Crippen MR) is 128 cm³/mol. The summed E-state index contributed by atoms with van der Waals surface area (Å²) < 4.78 is 41.3. The number of ether oxygens (including phenoxy) is 2. The summed E-state index contributed by atoms with van der Waals surface area (Å²) in [5.74, 6) is -1.89. The summed E-state index contributed by atoms with van der Waals surface area (Å²) in [6.45, 7) is 4.38. The molecule has 1 atom stereocenters. The van der Waals surface area contributed by atoms with Gasteiger partial charge in [0.05, 0.1) is 20.8 Å². The first-order chi connectivity index (χ1) is 16.8. The molecule has 0 radical (unpaired) electrons. The minimum atomic E-state index is -3.24. The minimum absolute atomic E-state index is 0.0521. The van der Waals surface area contributed by atoms with E-state index in [1.807, 2.05) is 6.07 Å². The van der Waals surface area contributed by atoms with Crippen LogP contribution in [-0.4, -0.2) is 62.4 Å². The van der Waals surface area contributed by atoms with Crippen LogP contribution in [0, 0.1) is 5.41 Å². The van der Waals surface area contributed by atoms with Gasteiger partial charge in [-0.1, -0.05) is 32.4 Å². The molecule has 194 valence electrons. The predicted octanol–water partition coefficient (Wildman–Crippen LogP) is 4.67. The molecular weight excluding hydrogens is 498 g/mol. The summed E-state index contributed by atoms with van der Waals surface area (Å²) in [5, 5.41) is 17.6. The highest BCUT2D eigenvalue weighted by molar-refractivity contribution is 6.29. The first-order valence-corrected chi connectivity index (χ1v) is 11.5. The second kappa shape index (κ2) is 8.91. The van der Waals surface area contributed by atoms with E-state index in [1.54, 1.807) is 40.0 Å². The number of rotatable bonds is 6. The number of likely N-dealkylation sites (tertiary alicyclic amines) is 1. The van der Waals surface area contributed by atoms with Gasteiger partial charge in [-0.05, 0) is 17.5 Å². The number of nitrogens with zero attached hydrogens (tertiary/aromatic N) is 5. The number of halogens is 3. The zero-order valence-corrected chi connectivity index (χ0v) is 21.2. The summed E-state index contributed by atoms with van der Waals surface area (Å²) in [4.78, 5) is 21.6. The molecule has 1 aliphatic heterocycles. The van der Waals surface area contributed by atoms with Gasteiger partial charge in [-0.15, -0.1) is 5.10 Å². The van der Waals surface area contributed by atoms with Gasteiger partial charge in [-0.3, -0.25) is 4.90 Å². The smallest absolute Gasteiger partial charge is 0.408 e. The summed E-state index contributed by atoms with van der Waals surface area (Å²) >= 11 is 6.22. The minimum Gasteiger partial charge on any atom is -0.497 e. The van der Waals surface area contributed by atoms with E-state index >= 15 is 0 Å². The standard InChI is InChI=1S/C23H27ClF2N6O4/c1-21(2,3)23(11-22(25,26)12-31(23)20(33)34)18-29-17-9-16(24)28-19(32(17)30-18)27-10-13-6-7-14(35-4)8-15(13)36-5/h6-9H,10-12H2,1-5H3,(H,27,28)(H,33,34). The lowest BCUT2D eigenvalue weighted by Gasteiger charge is -2.44. The molecule has 0 aliphatic carbocycles. The van der Waals surface area contributed by atoms with Crippen molar-refractivity contribution in [3.63, 3.8) is 0 Å². The molecule has 1 aliphatic rings. The Morgan fingerprint density at radius 3 is 2.56 bits per heavy atom. The van der Waals surface area contributed by atoms with Crippen molar-refractivity contribution < 1.29 is 28.2 Å². The van der Waals surface area contributed by atoms with Crippen molar-refractivity contribution >= 4 is 29.3 Å². The van der Waals surface area contributed by atoms with Crippen LogP contribution in [0.3, 0.4) is 0 Å². The van der Waals surface area contributed by atoms with Crippen LogP contribution >= 0.6 is 11.6 Å². The summed E-state index contributed by atoms with van der Waals surface area (Å²) in [6, 6.07) is 6.77. The van der Waals surface area contributed by atoms with Gasteiger partial charge in [0, 0.05) is 30.7 Å². The molecule has 0 spiro atoms. The Kier molecular flexibility index (Phi) is 6.36. The summed E-state index contributed by atoms with van der Waals surface area (Å²) in [6.07, 6.45) is -2.22. The maximum absolute atomic E-state index is 14.7. The number of nitrogens with one attached hydrogen (secondary N) is 1. The van der Waals surface area contributed by atoms with Gasteiger partial charge in [-0.25, -0.2) is 23.5 Å². The number of carboxylic acid groups (broad SMARTS) is 1. The Bertz CT molecular complexity index is 1310. The average Bonchev–Trinajstić information content (AvgIpc) is 3.35. The number of methoxy groups -OCH3 is 2. The van der Waals surface area contributed by atoms with E-state index in [9.17, 15) is 18.7 Å². The highest BCUT2D eigenvalue weighted by Crippen LogP contribution is 2.54. The lowest BCUT2D eigenvalue weighted by Crippen LogP contribution is -2.53. The third-order valence-electron chi connectivity index (χ3n) is 6.43. The van der Waals surface area contributed by atoms with Crippen LogP contribution < -0.4 is 14.8 Å². The number of hydrogen-bond acceptors (Lipinski definition) is 7. The third kappa shape index (κ3) is 4.34. The van der Waals surface area contributed by atoms with Crippen molar-refractivity contribution in [1.82, 2.24) is 24.5 Å². The van der Waals surface area contributed by atoms with Crippen molar-refractivity contribution in [3.8, 4) is 11.5 Å². The molecule has 3 heterocycles. The number of alkyl halides is 2. The Morgan fingerprint density at radius 1 is 1.22 bits per heavy atom. The van der Waals surface area contributed by atoms with Crippen LogP contribution in [0.25, 0.3) is 5.65 Å². The van der Waals surface area contributed by atoms with Crippen molar-refractivity contribution in [2.45, 2.75) is 45.2 Å². The second-order valence-electron chi connectivity index (χ2n) is 9.65. The molecule has 1 aromatic carbocycles. The molecule has 10 nitrogen and oxygen atoms in total. The summed E-state index contributed by atoms with van der Waals surface area (Å²) in [7, 11) is 3.09. The highest BCUT2D eigenvalue weighted by atomic mass is 35.5. The first-order valence-electron chi connectivity index (χ1n) is 11.1. The first kappa shape index (κ1) is 25.7. The quantitative estimate of drug-likeness (QED) is 0.447. The lowest BCUT2D eigenvalue weighted by atomic mass is 9.71. The molecule has 0 saturated carbocycles. The topological polar surface area (TPSA) is 114 Å². The van der Waals surface area contributed by atoms with E-state index in [1.165, 1.54) is 17.7 Å². The average molecular weight is 525 g/mol. The molecule has 1 fully saturated rings. The third-order valence-corrected chi connectivity index (χ3v) is 6.62. The maximum Gasteiger partial charge on any atom is 0.408 e. The van der Waals surface area contributed by atoms with Gasteiger partial charge in [0.15, 0.2) is 11.5 Å². The Labute approximate surface area is 211 Å². The zero-order chi connectivity index (χ0) is 26.5. The van der Waals surface area contributed by atoms with Gasteiger partial charge in [0.1, 0.15) is 22.2 Å². The van der Waals surface area contributed by atoms with E-state index < -0.39 is 35.9 Å². The number of hydrogen-bond donors (Lipinski definition) is 2. The number of benzene rings is 1. The van der Waals surface area contributed by atoms with E-state index in [2.05, 4.69) is 20.4 Å². The fraction of sp³-hybridized carbons (Fsp3) is 0.478. The lowest BCUT2D eigenvalue weighted by molar-refractivity contribution is 0.000603. The Morgan fingerprint density at radius 2 is 1.94 bits per heavy atom. The number of anilines is 1. The SMILES string of the molecule is COc1ccc(CNc2nc(Cl)cc3nc(C4(C(C)(C)C)CC(F)(F)CN4C(=O)O)nn23)c(OC)c1. The fourth-order valence-electron chi connectivity index (χ4n) is 4.65. The fourth-order valence-corrected chi connectivity index (χ4v) is 4.83. The van der Waals surface area contributed by atoms with E-state index in [0.29, 0.717) is 11.5 Å². The molecule has 3 aromatic rings. The van der Waals surface area contributed by atoms with Crippen molar-refractivity contribution in [2.75, 3.05) is 26.1 Å². The molecule has 1 saturated heterocycles. The number of aromatic nitrogens is 4. The molecule has 2 aromatic heterocycles. The van der Waals surface area contributed by atoms with E-state index in [4.69, 9.17) is 21.1 Å². The van der Waals surface area contributed by atoms with Crippen LogP contribution in [0.4, 0.5) is 19.5 Å². The molecule has 1 unspecified atom stereocenters. The van der Waals surface area contributed by atoms with Gasteiger partial charge in [0.2, 0.25) is 5.95 Å². The summed E-state index contributed by atoms with van der Waals surface area (Å²) in [5.41, 5.74) is -1.62. The highest BCUT2D eigenvalue weighted by Gasteiger charge is 2.64. The molecule has 4 rings (SSSR count). The molecule has 0 bridgehead atoms. The van der Waals surface area contributed by atoms with Crippen molar-refractivity contribution in [3.05, 3.63) is 40.8 Å². The van der Waals surface area contributed by atoms with Crippen LogP contribution in [0.15, 0.2) is 24.3 Å². The largest absolute Gasteiger partial charge is 0.497 e. The van der Waals surface area contributed by atoms with Gasteiger partial charge in [-0.2, -0.15) is 4.52 Å². The van der Waals surface area contributed by atoms with Gasteiger partial charge >= 0.3 is 6.09 Å². The molecule has 1 amide bonds. The monoisotopic (exact) mass is 524 g/mol. The molecule has 2 N–H and O–H groups in total. The molecular formula is C23H27ClF2N6O4.